The molecule has 0 amide bonds. The number of hydrogen-bond acceptors (Lipinski definition) is 4. The van der Waals surface area contributed by atoms with Gasteiger partial charge in [-0.25, -0.2) is 4.39 Å². The monoisotopic (exact) mass is 341 g/mol. The maximum Gasteiger partial charge on any atom is 0.275 e. The fourth-order valence-electron chi connectivity index (χ4n) is 1.62. The second-order valence-corrected chi connectivity index (χ2v) is 4.80. The van der Waals surface area contributed by atoms with Gasteiger partial charge in [0.2, 0.25) is 0 Å². The molecule has 0 aliphatic rings. The molecule has 0 aliphatic carbocycles. The van der Waals surface area contributed by atoms with Crippen molar-refractivity contribution in [2.75, 3.05) is 0 Å². The average molecular weight is 342 g/mol. The Hall–Kier alpha value is -1.99. The Bertz CT molecular complexity index is 663. The first-order valence-electron chi connectivity index (χ1n) is 5.52. The Balaban J connectivity index is 2.32. The lowest BCUT2D eigenvalue weighted by molar-refractivity contribution is -0.385. The van der Waals surface area contributed by atoms with Crippen LogP contribution < -0.4 is 4.74 Å². The van der Waals surface area contributed by atoms with E-state index in [1.165, 1.54) is 30.3 Å². The molecule has 0 bridgehead atoms. The normalized spacial score (nSPS) is 10.3. The number of nitro groups is 1. The minimum absolute atomic E-state index is 0.00839. The van der Waals surface area contributed by atoms with Crippen molar-refractivity contribution >= 4 is 21.6 Å². The summed E-state index contributed by atoms with van der Waals surface area (Å²) in [6, 6.07) is 8.14. The number of halogens is 2. The van der Waals surface area contributed by atoms with Crippen LogP contribution in [0.15, 0.2) is 40.9 Å². The summed E-state index contributed by atoms with van der Waals surface area (Å²) in [6.07, 6.45) is 0. The number of aliphatic hydroxyl groups is 1. The quantitative estimate of drug-likeness (QED) is 0.678. The highest BCUT2D eigenvalue weighted by molar-refractivity contribution is 9.10. The minimum atomic E-state index is -0.602. The Kier molecular flexibility index (Phi) is 4.31. The summed E-state index contributed by atoms with van der Waals surface area (Å²) in [5.74, 6) is -0.366. The Morgan fingerprint density at radius 1 is 1.30 bits per heavy atom. The van der Waals surface area contributed by atoms with Crippen molar-refractivity contribution in [3.8, 4) is 11.5 Å². The van der Waals surface area contributed by atoms with Crippen LogP contribution in [0, 0.1) is 15.9 Å². The van der Waals surface area contributed by atoms with Gasteiger partial charge in [-0.1, -0.05) is 15.9 Å². The molecule has 0 heterocycles. The summed E-state index contributed by atoms with van der Waals surface area (Å²) in [5.41, 5.74) is -0.110. The van der Waals surface area contributed by atoms with Crippen LogP contribution in [0.1, 0.15) is 5.56 Å². The summed E-state index contributed by atoms with van der Waals surface area (Å²) in [6.45, 7) is -0.504. The fraction of sp³-hybridized carbons (Fsp3) is 0.0769. The standard InChI is InChI=1S/C13H9BrFNO4/c14-9-1-4-13(11(15)6-9)20-10-2-3-12(16(18)19)8(5-10)7-17/h1-6,17H,7H2. The predicted octanol–water partition coefficient (Wildman–Crippen LogP) is 3.78. The van der Waals surface area contributed by atoms with Gasteiger partial charge in [0.05, 0.1) is 17.1 Å². The van der Waals surface area contributed by atoms with Crippen LogP contribution in [-0.4, -0.2) is 10.0 Å². The van der Waals surface area contributed by atoms with E-state index in [-0.39, 0.29) is 22.7 Å². The van der Waals surface area contributed by atoms with Gasteiger partial charge in [-0.15, -0.1) is 0 Å². The Morgan fingerprint density at radius 2 is 2.05 bits per heavy atom. The topological polar surface area (TPSA) is 72.6 Å². The van der Waals surface area contributed by atoms with Crippen molar-refractivity contribution < 1.29 is 19.2 Å². The molecule has 2 aromatic carbocycles. The van der Waals surface area contributed by atoms with E-state index in [4.69, 9.17) is 9.84 Å². The molecule has 104 valence electrons. The second-order valence-electron chi connectivity index (χ2n) is 3.88. The maximum atomic E-state index is 13.6. The van der Waals surface area contributed by atoms with E-state index in [0.717, 1.165) is 0 Å². The van der Waals surface area contributed by atoms with E-state index in [0.29, 0.717) is 4.47 Å². The highest BCUT2D eigenvalue weighted by Crippen LogP contribution is 2.30. The first-order valence-corrected chi connectivity index (χ1v) is 6.31. The summed E-state index contributed by atoms with van der Waals surface area (Å²) in [4.78, 5) is 10.1. The van der Waals surface area contributed by atoms with Crippen LogP contribution >= 0.6 is 15.9 Å². The Morgan fingerprint density at radius 3 is 2.65 bits per heavy atom. The number of aliphatic hydroxyl groups excluding tert-OH is 1. The van der Waals surface area contributed by atoms with Gasteiger partial charge >= 0.3 is 0 Å². The first-order chi connectivity index (χ1) is 9.51. The maximum absolute atomic E-state index is 13.6. The van der Waals surface area contributed by atoms with Crippen molar-refractivity contribution in [3.05, 3.63) is 62.4 Å². The van der Waals surface area contributed by atoms with Gasteiger partial charge in [0.15, 0.2) is 11.6 Å². The van der Waals surface area contributed by atoms with Crippen LogP contribution in [0.25, 0.3) is 0 Å². The lowest BCUT2D eigenvalue weighted by Crippen LogP contribution is -1.96. The molecule has 0 saturated heterocycles. The Labute approximate surface area is 121 Å². The zero-order valence-electron chi connectivity index (χ0n) is 10.0. The van der Waals surface area contributed by atoms with Gasteiger partial charge in [-0.2, -0.15) is 0 Å². The second kappa shape index (κ2) is 5.98. The van der Waals surface area contributed by atoms with Crippen molar-refractivity contribution in [2.45, 2.75) is 6.61 Å². The van der Waals surface area contributed by atoms with E-state index in [9.17, 15) is 14.5 Å². The molecule has 2 aromatic rings. The summed E-state index contributed by atoms with van der Waals surface area (Å²) in [5, 5.41) is 19.8. The third-order valence-corrected chi connectivity index (χ3v) is 3.03. The van der Waals surface area contributed by atoms with Crippen LogP contribution in [0.5, 0.6) is 11.5 Å². The molecule has 5 nitrogen and oxygen atoms in total. The smallest absolute Gasteiger partial charge is 0.275 e. The van der Waals surface area contributed by atoms with Gasteiger partial charge in [-0.05, 0) is 30.3 Å². The largest absolute Gasteiger partial charge is 0.454 e. The van der Waals surface area contributed by atoms with E-state index in [1.807, 2.05) is 0 Å². The first kappa shape index (κ1) is 14.4. The highest BCUT2D eigenvalue weighted by atomic mass is 79.9. The van der Waals surface area contributed by atoms with Crippen molar-refractivity contribution in [1.29, 1.82) is 0 Å². The molecular formula is C13H9BrFNO4. The number of hydrogen-bond donors (Lipinski definition) is 1. The van der Waals surface area contributed by atoms with Gasteiger partial charge < -0.3 is 9.84 Å². The molecular weight excluding hydrogens is 333 g/mol. The number of nitrogens with zero attached hydrogens (tertiary/aromatic N) is 1. The summed E-state index contributed by atoms with van der Waals surface area (Å²) >= 11 is 3.13. The molecule has 2 rings (SSSR count). The molecule has 20 heavy (non-hydrogen) atoms. The number of rotatable bonds is 4. The van der Waals surface area contributed by atoms with Crippen molar-refractivity contribution in [3.63, 3.8) is 0 Å². The molecule has 1 N–H and O–H groups in total. The van der Waals surface area contributed by atoms with Gasteiger partial charge in [0.25, 0.3) is 5.69 Å². The summed E-state index contributed by atoms with van der Waals surface area (Å²) in [7, 11) is 0. The van der Waals surface area contributed by atoms with Gasteiger partial charge in [0.1, 0.15) is 5.75 Å². The van der Waals surface area contributed by atoms with Crippen LogP contribution in [-0.2, 0) is 6.61 Å². The molecule has 0 aromatic heterocycles. The van der Waals surface area contributed by atoms with E-state index in [2.05, 4.69) is 15.9 Å². The third-order valence-electron chi connectivity index (χ3n) is 2.54. The molecule has 0 saturated carbocycles. The van der Waals surface area contributed by atoms with Gasteiger partial charge in [-0.3, -0.25) is 10.1 Å². The zero-order valence-corrected chi connectivity index (χ0v) is 11.6. The number of benzene rings is 2. The molecule has 7 heteroatoms. The van der Waals surface area contributed by atoms with Gasteiger partial charge in [0, 0.05) is 10.5 Å². The van der Waals surface area contributed by atoms with E-state index >= 15 is 0 Å². The molecule has 0 spiro atoms. The third kappa shape index (κ3) is 3.12. The SMILES string of the molecule is O=[N+]([O-])c1ccc(Oc2ccc(Br)cc2F)cc1CO. The lowest BCUT2D eigenvalue weighted by atomic mass is 10.2. The molecule has 0 fully saturated rings. The lowest BCUT2D eigenvalue weighted by Gasteiger charge is -2.08. The van der Waals surface area contributed by atoms with Crippen molar-refractivity contribution in [2.24, 2.45) is 0 Å². The van der Waals surface area contributed by atoms with Crippen molar-refractivity contribution in [1.82, 2.24) is 0 Å². The minimum Gasteiger partial charge on any atom is -0.454 e. The molecule has 0 atom stereocenters. The summed E-state index contributed by atoms with van der Waals surface area (Å²) < 4.78 is 19.5. The number of ether oxygens (including phenoxy) is 1. The van der Waals surface area contributed by atoms with Crippen LogP contribution in [0.3, 0.4) is 0 Å². The van der Waals surface area contributed by atoms with E-state index < -0.39 is 17.3 Å². The molecule has 0 radical (unpaired) electrons. The van der Waals surface area contributed by atoms with Crippen LogP contribution in [0.4, 0.5) is 10.1 Å². The average Bonchev–Trinajstić information content (AvgIpc) is 2.41. The zero-order chi connectivity index (χ0) is 14.7. The van der Waals surface area contributed by atoms with E-state index in [1.54, 1.807) is 6.07 Å². The molecule has 0 aliphatic heterocycles. The fourth-order valence-corrected chi connectivity index (χ4v) is 1.95. The molecule has 0 unspecified atom stereocenters. The highest BCUT2D eigenvalue weighted by Gasteiger charge is 2.14. The number of nitro benzene ring substituents is 1. The predicted molar refractivity (Wildman–Crippen MR) is 73.2 cm³/mol. The van der Waals surface area contributed by atoms with Crippen LogP contribution in [0.2, 0.25) is 0 Å².